The molecular weight excluding hydrogens is 286 g/mol. The molecule has 1 aromatic heterocycles. The molecule has 6 heteroatoms. The minimum Gasteiger partial charge on any atom is -0.381 e. The number of rotatable bonds is 5. The Labute approximate surface area is 128 Å². The number of aromatic nitrogens is 2. The Hall–Kier alpha value is -1.95. The van der Waals surface area contributed by atoms with Crippen molar-refractivity contribution in [2.24, 2.45) is 0 Å². The molecule has 1 saturated heterocycles. The standard InChI is InChI=1S/C16H20F2N4/c17-16(18)22-10-8-19-15(22)12-21-9-4-7-14(11-21)20-13-5-2-1-3-6-13/h1-3,5-6,8,10,14,16,20H,4,7,9,11-12H2/t14-/m0/s1. The van der Waals surface area contributed by atoms with Gasteiger partial charge in [0, 0.05) is 30.7 Å². The molecule has 2 heterocycles. The molecular formula is C16H20F2N4. The Bertz CT molecular complexity index is 585. The number of nitrogens with one attached hydrogen (secondary N) is 1. The third-order valence-electron chi connectivity index (χ3n) is 3.97. The van der Waals surface area contributed by atoms with Gasteiger partial charge in [-0.1, -0.05) is 18.2 Å². The van der Waals surface area contributed by atoms with Crippen molar-refractivity contribution in [1.82, 2.24) is 14.5 Å². The minimum atomic E-state index is -2.53. The maximum absolute atomic E-state index is 12.9. The Kier molecular flexibility index (Phi) is 4.68. The van der Waals surface area contributed by atoms with Crippen LogP contribution in [0, 0.1) is 0 Å². The van der Waals surface area contributed by atoms with E-state index < -0.39 is 6.55 Å². The predicted molar refractivity (Wildman–Crippen MR) is 81.8 cm³/mol. The lowest BCUT2D eigenvalue weighted by Crippen LogP contribution is -2.42. The van der Waals surface area contributed by atoms with Gasteiger partial charge in [0.25, 0.3) is 0 Å². The fourth-order valence-electron chi connectivity index (χ4n) is 2.93. The number of anilines is 1. The number of alkyl halides is 2. The van der Waals surface area contributed by atoms with Crippen LogP contribution in [0.2, 0.25) is 0 Å². The van der Waals surface area contributed by atoms with Crippen LogP contribution in [0.5, 0.6) is 0 Å². The van der Waals surface area contributed by atoms with E-state index in [-0.39, 0.29) is 0 Å². The number of benzene rings is 1. The van der Waals surface area contributed by atoms with E-state index in [2.05, 4.69) is 15.2 Å². The largest absolute Gasteiger partial charge is 0.381 e. The minimum absolute atomic E-state index is 0.339. The maximum Gasteiger partial charge on any atom is 0.319 e. The number of hydrogen-bond acceptors (Lipinski definition) is 3. The summed E-state index contributed by atoms with van der Waals surface area (Å²) in [5.74, 6) is 0.426. The van der Waals surface area contributed by atoms with E-state index in [0.717, 1.165) is 36.2 Å². The number of likely N-dealkylation sites (tertiary alicyclic amines) is 1. The summed E-state index contributed by atoms with van der Waals surface area (Å²) in [6.07, 6.45) is 4.92. The first kappa shape index (κ1) is 15.0. The lowest BCUT2D eigenvalue weighted by atomic mass is 10.1. The van der Waals surface area contributed by atoms with Gasteiger partial charge in [-0.15, -0.1) is 0 Å². The van der Waals surface area contributed by atoms with Crippen LogP contribution in [0.4, 0.5) is 14.5 Å². The summed E-state index contributed by atoms with van der Waals surface area (Å²) in [4.78, 5) is 6.25. The van der Waals surface area contributed by atoms with E-state index in [1.807, 2.05) is 30.3 Å². The second-order valence-electron chi connectivity index (χ2n) is 5.61. The number of para-hydroxylation sites is 1. The molecule has 0 radical (unpaired) electrons. The van der Waals surface area contributed by atoms with Crippen LogP contribution in [0.15, 0.2) is 42.7 Å². The highest BCUT2D eigenvalue weighted by Crippen LogP contribution is 2.19. The molecule has 0 unspecified atom stereocenters. The zero-order chi connectivity index (χ0) is 15.4. The van der Waals surface area contributed by atoms with Gasteiger partial charge in [0.1, 0.15) is 5.82 Å². The smallest absolute Gasteiger partial charge is 0.319 e. The van der Waals surface area contributed by atoms with Gasteiger partial charge >= 0.3 is 6.55 Å². The van der Waals surface area contributed by atoms with E-state index in [1.54, 1.807) is 0 Å². The van der Waals surface area contributed by atoms with Crippen LogP contribution in [-0.2, 0) is 6.54 Å². The monoisotopic (exact) mass is 306 g/mol. The molecule has 0 spiro atoms. The van der Waals surface area contributed by atoms with Crippen LogP contribution >= 0.6 is 0 Å². The molecule has 1 aliphatic heterocycles. The maximum atomic E-state index is 12.9. The van der Waals surface area contributed by atoms with Crippen molar-refractivity contribution < 1.29 is 8.78 Å². The van der Waals surface area contributed by atoms with Crippen LogP contribution in [-0.4, -0.2) is 33.6 Å². The molecule has 1 atom stereocenters. The van der Waals surface area contributed by atoms with Crippen molar-refractivity contribution in [1.29, 1.82) is 0 Å². The molecule has 0 amide bonds. The quantitative estimate of drug-likeness (QED) is 0.919. The van der Waals surface area contributed by atoms with Crippen molar-refractivity contribution in [3.05, 3.63) is 48.5 Å². The van der Waals surface area contributed by atoms with Gasteiger partial charge in [0.2, 0.25) is 0 Å². The van der Waals surface area contributed by atoms with Gasteiger partial charge in [0.05, 0.1) is 6.54 Å². The van der Waals surface area contributed by atoms with Crippen molar-refractivity contribution >= 4 is 5.69 Å². The van der Waals surface area contributed by atoms with E-state index in [1.165, 1.54) is 12.4 Å². The molecule has 22 heavy (non-hydrogen) atoms. The molecule has 0 bridgehead atoms. The van der Waals surface area contributed by atoms with Crippen LogP contribution in [0.1, 0.15) is 25.2 Å². The summed E-state index contributed by atoms with van der Waals surface area (Å²) in [7, 11) is 0. The summed E-state index contributed by atoms with van der Waals surface area (Å²) in [5, 5.41) is 3.51. The molecule has 2 aromatic rings. The highest BCUT2D eigenvalue weighted by atomic mass is 19.3. The highest BCUT2D eigenvalue weighted by molar-refractivity contribution is 5.43. The van der Waals surface area contributed by atoms with Gasteiger partial charge in [-0.3, -0.25) is 9.47 Å². The van der Waals surface area contributed by atoms with Gasteiger partial charge < -0.3 is 5.32 Å². The van der Waals surface area contributed by atoms with E-state index in [0.29, 0.717) is 18.4 Å². The SMILES string of the molecule is FC(F)n1ccnc1CN1CCC[C@H](Nc2ccccc2)C1. The van der Waals surface area contributed by atoms with Gasteiger partial charge in [0.15, 0.2) is 0 Å². The second-order valence-corrected chi connectivity index (χ2v) is 5.61. The van der Waals surface area contributed by atoms with Crippen LogP contribution < -0.4 is 5.32 Å². The van der Waals surface area contributed by atoms with Crippen molar-refractivity contribution in [2.75, 3.05) is 18.4 Å². The summed E-state index contributed by atoms with van der Waals surface area (Å²) >= 11 is 0. The summed E-state index contributed by atoms with van der Waals surface area (Å²) < 4.78 is 26.7. The Morgan fingerprint density at radius 3 is 2.86 bits per heavy atom. The summed E-state index contributed by atoms with van der Waals surface area (Å²) in [6, 6.07) is 10.4. The molecule has 4 nitrogen and oxygen atoms in total. The molecule has 118 valence electrons. The average molecular weight is 306 g/mol. The predicted octanol–water partition coefficient (Wildman–Crippen LogP) is 3.35. The molecule has 1 aromatic carbocycles. The number of imidazole rings is 1. The molecule has 1 aliphatic rings. The molecule has 3 rings (SSSR count). The first-order chi connectivity index (χ1) is 10.7. The van der Waals surface area contributed by atoms with E-state index in [9.17, 15) is 8.78 Å². The fourth-order valence-corrected chi connectivity index (χ4v) is 2.93. The van der Waals surface area contributed by atoms with Gasteiger partial charge in [-0.2, -0.15) is 8.78 Å². The number of hydrogen-bond donors (Lipinski definition) is 1. The Morgan fingerprint density at radius 2 is 2.09 bits per heavy atom. The van der Waals surface area contributed by atoms with Crippen molar-refractivity contribution in [2.45, 2.75) is 32.0 Å². The Morgan fingerprint density at radius 1 is 1.27 bits per heavy atom. The third-order valence-corrected chi connectivity index (χ3v) is 3.97. The molecule has 0 aliphatic carbocycles. The second kappa shape index (κ2) is 6.87. The summed E-state index contributed by atoms with van der Waals surface area (Å²) in [6.45, 7) is -0.307. The fraction of sp³-hybridized carbons (Fsp3) is 0.438. The lowest BCUT2D eigenvalue weighted by molar-refractivity contribution is 0.0630. The molecule has 1 fully saturated rings. The molecule has 1 N–H and O–H groups in total. The van der Waals surface area contributed by atoms with Gasteiger partial charge in [-0.05, 0) is 31.5 Å². The van der Waals surface area contributed by atoms with E-state index >= 15 is 0 Å². The third kappa shape index (κ3) is 3.62. The average Bonchev–Trinajstić information content (AvgIpc) is 2.97. The zero-order valence-corrected chi connectivity index (χ0v) is 12.3. The molecule has 0 saturated carbocycles. The lowest BCUT2D eigenvalue weighted by Gasteiger charge is -2.33. The van der Waals surface area contributed by atoms with Crippen LogP contribution in [0.25, 0.3) is 0 Å². The summed E-state index contributed by atoms with van der Waals surface area (Å²) in [5.41, 5.74) is 1.10. The van der Waals surface area contributed by atoms with Crippen molar-refractivity contribution in [3.8, 4) is 0 Å². The highest BCUT2D eigenvalue weighted by Gasteiger charge is 2.22. The van der Waals surface area contributed by atoms with Crippen LogP contribution in [0.3, 0.4) is 0 Å². The number of nitrogens with zero attached hydrogens (tertiary/aromatic N) is 3. The van der Waals surface area contributed by atoms with Crippen molar-refractivity contribution in [3.63, 3.8) is 0 Å². The Balaban J connectivity index is 1.60. The zero-order valence-electron chi connectivity index (χ0n) is 12.3. The van der Waals surface area contributed by atoms with E-state index in [4.69, 9.17) is 0 Å². The first-order valence-corrected chi connectivity index (χ1v) is 7.56. The van der Waals surface area contributed by atoms with Gasteiger partial charge in [-0.25, -0.2) is 4.98 Å². The first-order valence-electron chi connectivity index (χ1n) is 7.56. The topological polar surface area (TPSA) is 33.1 Å². The number of halogens is 2. The normalized spacial score (nSPS) is 19.5. The number of piperidine rings is 1.